The molecule has 1 atom stereocenters. The lowest BCUT2D eigenvalue weighted by atomic mass is 9.97. The minimum atomic E-state index is -0.492. The van der Waals surface area contributed by atoms with Gasteiger partial charge in [-0.2, -0.15) is 0 Å². The number of hydrogen-bond donors (Lipinski definition) is 3. The lowest BCUT2D eigenvalue weighted by Gasteiger charge is -2.33. The standard InChI is InChI=1S/C14H28N4O2/c1-11(2)16-7-3-6-13(19)18-8-4-5-12(10-18)9-17-14(15)20/h11-12,16H,3-10H2,1-2H3,(H3,15,17,20). The summed E-state index contributed by atoms with van der Waals surface area (Å²) in [5.74, 6) is 0.549. The molecular formula is C14H28N4O2. The number of primary amides is 1. The molecule has 20 heavy (non-hydrogen) atoms. The number of nitrogens with zero attached hydrogens (tertiary/aromatic N) is 1. The number of nitrogens with one attached hydrogen (secondary N) is 2. The van der Waals surface area contributed by atoms with E-state index in [4.69, 9.17) is 5.73 Å². The van der Waals surface area contributed by atoms with Gasteiger partial charge in [-0.05, 0) is 31.7 Å². The summed E-state index contributed by atoms with van der Waals surface area (Å²) in [6.45, 7) is 7.21. The van der Waals surface area contributed by atoms with Crippen LogP contribution in [-0.2, 0) is 4.79 Å². The number of likely N-dealkylation sites (tertiary alicyclic amines) is 1. The molecule has 0 spiro atoms. The predicted molar refractivity (Wildman–Crippen MR) is 79.3 cm³/mol. The Hall–Kier alpha value is -1.30. The Balaban J connectivity index is 2.23. The zero-order chi connectivity index (χ0) is 15.0. The summed E-state index contributed by atoms with van der Waals surface area (Å²) in [5.41, 5.74) is 5.07. The van der Waals surface area contributed by atoms with E-state index in [0.29, 0.717) is 24.9 Å². The smallest absolute Gasteiger partial charge is 0.312 e. The third kappa shape index (κ3) is 6.75. The minimum absolute atomic E-state index is 0.222. The van der Waals surface area contributed by atoms with E-state index in [-0.39, 0.29) is 5.91 Å². The van der Waals surface area contributed by atoms with Crippen LogP contribution in [0.2, 0.25) is 0 Å². The van der Waals surface area contributed by atoms with E-state index in [1.165, 1.54) is 0 Å². The van der Waals surface area contributed by atoms with Crippen molar-refractivity contribution in [3.05, 3.63) is 0 Å². The van der Waals surface area contributed by atoms with Crippen LogP contribution in [0.4, 0.5) is 4.79 Å². The summed E-state index contributed by atoms with van der Waals surface area (Å²) in [7, 11) is 0. The molecule has 1 fully saturated rings. The zero-order valence-corrected chi connectivity index (χ0v) is 12.7. The number of hydrogen-bond acceptors (Lipinski definition) is 3. The monoisotopic (exact) mass is 284 g/mol. The minimum Gasteiger partial charge on any atom is -0.352 e. The molecule has 4 N–H and O–H groups in total. The Morgan fingerprint density at radius 2 is 2.15 bits per heavy atom. The second-order valence-electron chi connectivity index (χ2n) is 5.81. The Morgan fingerprint density at radius 1 is 1.40 bits per heavy atom. The topological polar surface area (TPSA) is 87.5 Å². The molecule has 1 heterocycles. The van der Waals surface area contributed by atoms with Crippen molar-refractivity contribution in [3.63, 3.8) is 0 Å². The largest absolute Gasteiger partial charge is 0.352 e. The van der Waals surface area contributed by atoms with Gasteiger partial charge in [0, 0.05) is 32.1 Å². The highest BCUT2D eigenvalue weighted by atomic mass is 16.2. The molecule has 0 radical (unpaired) electrons. The summed E-state index contributed by atoms with van der Waals surface area (Å²) in [4.78, 5) is 24.7. The van der Waals surface area contributed by atoms with Crippen molar-refractivity contribution in [1.82, 2.24) is 15.5 Å². The van der Waals surface area contributed by atoms with Gasteiger partial charge in [0.2, 0.25) is 5.91 Å². The molecule has 1 unspecified atom stereocenters. The van der Waals surface area contributed by atoms with Gasteiger partial charge in [-0.15, -0.1) is 0 Å². The molecule has 116 valence electrons. The van der Waals surface area contributed by atoms with Gasteiger partial charge in [0.05, 0.1) is 0 Å². The van der Waals surface area contributed by atoms with Crippen LogP contribution >= 0.6 is 0 Å². The van der Waals surface area contributed by atoms with E-state index in [1.54, 1.807) is 0 Å². The SMILES string of the molecule is CC(C)NCCCC(=O)N1CCCC(CNC(N)=O)C1. The Labute approximate surface area is 121 Å². The molecule has 3 amide bonds. The Bertz CT molecular complexity index is 320. The second-order valence-corrected chi connectivity index (χ2v) is 5.81. The highest BCUT2D eigenvalue weighted by molar-refractivity contribution is 5.76. The zero-order valence-electron chi connectivity index (χ0n) is 12.7. The molecule has 1 rings (SSSR count). The van der Waals surface area contributed by atoms with Crippen molar-refractivity contribution in [3.8, 4) is 0 Å². The lowest BCUT2D eigenvalue weighted by molar-refractivity contribution is -0.133. The fraction of sp³-hybridized carbons (Fsp3) is 0.857. The van der Waals surface area contributed by atoms with Gasteiger partial charge in [-0.1, -0.05) is 13.8 Å². The number of amides is 3. The average molecular weight is 284 g/mol. The molecule has 1 aliphatic rings. The first-order chi connectivity index (χ1) is 9.49. The average Bonchev–Trinajstić information content (AvgIpc) is 2.41. The normalized spacial score (nSPS) is 19.1. The number of rotatable bonds is 7. The second kappa shape index (κ2) is 8.79. The molecule has 0 aromatic heterocycles. The van der Waals surface area contributed by atoms with E-state index in [9.17, 15) is 9.59 Å². The van der Waals surface area contributed by atoms with Crippen molar-refractivity contribution in [2.45, 2.75) is 45.6 Å². The first kappa shape index (κ1) is 16.8. The fourth-order valence-electron chi connectivity index (χ4n) is 2.49. The van der Waals surface area contributed by atoms with Crippen molar-refractivity contribution in [1.29, 1.82) is 0 Å². The van der Waals surface area contributed by atoms with Gasteiger partial charge in [0.1, 0.15) is 0 Å². The molecule has 1 saturated heterocycles. The molecule has 0 aliphatic carbocycles. The van der Waals surface area contributed by atoms with Crippen molar-refractivity contribution >= 4 is 11.9 Å². The number of urea groups is 1. The van der Waals surface area contributed by atoms with Gasteiger partial charge >= 0.3 is 6.03 Å². The van der Waals surface area contributed by atoms with E-state index in [0.717, 1.165) is 38.9 Å². The van der Waals surface area contributed by atoms with E-state index in [2.05, 4.69) is 24.5 Å². The molecule has 0 aromatic carbocycles. The molecular weight excluding hydrogens is 256 g/mol. The summed E-state index contributed by atoms with van der Waals surface area (Å²) in [6.07, 6.45) is 3.51. The maximum atomic E-state index is 12.1. The molecule has 0 aromatic rings. The summed E-state index contributed by atoms with van der Waals surface area (Å²) >= 11 is 0. The molecule has 0 bridgehead atoms. The summed E-state index contributed by atoms with van der Waals surface area (Å²) in [5, 5.41) is 5.94. The van der Waals surface area contributed by atoms with Crippen LogP contribution in [0.25, 0.3) is 0 Å². The molecule has 0 saturated carbocycles. The number of nitrogens with two attached hydrogens (primary N) is 1. The first-order valence-electron chi connectivity index (χ1n) is 7.53. The maximum Gasteiger partial charge on any atom is 0.312 e. The van der Waals surface area contributed by atoms with Gasteiger partial charge < -0.3 is 21.3 Å². The molecule has 6 nitrogen and oxygen atoms in total. The Morgan fingerprint density at radius 3 is 2.80 bits per heavy atom. The van der Waals surface area contributed by atoms with E-state index >= 15 is 0 Å². The molecule has 6 heteroatoms. The van der Waals surface area contributed by atoms with Crippen molar-refractivity contribution in [2.75, 3.05) is 26.2 Å². The van der Waals surface area contributed by atoms with Crippen LogP contribution in [0, 0.1) is 5.92 Å². The van der Waals surface area contributed by atoms with Gasteiger partial charge in [0.25, 0.3) is 0 Å². The Kier molecular flexibility index (Phi) is 7.36. The third-order valence-electron chi connectivity index (χ3n) is 3.56. The highest BCUT2D eigenvalue weighted by Crippen LogP contribution is 2.16. The van der Waals surface area contributed by atoms with Crippen molar-refractivity contribution < 1.29 is 9.59 Å². The highest BCUT2D eigenvalue weighted by Gasteiger charge is 2.23. The van der Waals surface area contributed by atoms with Crippen LogP contribution in [0.5, 0.6) is 0 Å². The van der Waals surface area contributed by atoms with Gasteiger partial charge in [-0.3, -0.25) is 4.79 Å². The van der Waals surface area contributed by atoms with Crippen LogP contribution in [0.3, 0.4) is 0 Å². The third-order valence-corrected chi connectivity index (χ3v) is 3.56. The summed E-state index contributed by atoms with van der Waals surface area (Å²) in [6, 6.07) is -0.0300. The van der Waals surface area contributed by atoms with Gasteiger partial charge in [0.15, 0.2) is 0 Å². The summed E-state index contributed by atoms with van der Waals surface area (Å²) < 4.78 is 0. The van der Waals surface area contributed by atoms with Crippen molar-refractivity contribution in [2.24, 2.45) is 11.7 Å². The van der Waals surface area contributed by atoms with E-state index < -0.39 is 6.03 Å². The number of carbonyl (C=O) groups is 2. The fourth-order valence-corrected chi connectivity index (χ4v) is 2.49. The number of carbonyl (C=O) groups excluding carboxylic acids is 2. The van der Waals surface area contributed by atoms with Crippen LogP contribution in [0.15, 0.2) is 0 Å². The van der Waals surface area contributed by atoms with E-state index in [1.807, 2.05) is 4.90 Å². The maximum absolute atomic E-state index is 12.1. The van der Waals surface area contributed by atoms with Gasteiger partial charge in [-0.25, -0.2) is 4.79 Å². The quantitative estimate of drug-likeness (QED) is 0.601. The van der Waals surface area contributed by atoms with Crippen LogP contribution in [-0.4, -0.2) is 49.1 Å². The van der Waals surface area contributed by atoms with Crippen LogP contribution in [0.1, 0.15) is 39.5 Å². The molecule has 1 aliphatic heterocycles. The number of piperidine rings is 1. The first-order valence-corrected chi connectivity index (χ1v) is 7.53. The predicted octanol–water partition coefficient (Wildman–Crippen LogP) is 0.672. The lowest BCUT2D eigenvalue weighted by Crippen LogP contribution is -2.44. The van der Waals surface area contributed by atoms with Crippen LogP contribution < -0.4 is 16.4 Å².